The number of halogens is 2. The maximum Gasteiger partial charge on any atom is 0.437 e. The largest absolute Gasteiger partial charge is 0.493 e. The van der Waals surface area contributed by atoms with Crippen LogP contribution in [0.1, 0.15) is 5.56 Å². The van der Waals surface area contributed by atoms with Crippen molar-refractivity contribution in [2.45, 2.75) is 13.2 Å². The molecule has 2 heterocycles. The highest BCUT2D eigenvalue weighted by Crippen LogP contribution is 2.36. The number of ether oxygens (including phenoxy) is 2. The van der Waals surface area contributed by atoms with Crippen LogP contribution in [0.3, 0.4) is 0 Å². The molecule has 9 nitrogen and oxygen atoms in total. The van der Waals surface area contributed by atoms with Gasteiger partial charge in [0.25, 0.3) is 11.6 Å². The molecule has 1 aromatic carbocycles. The Morgan fingerprint density at radius 3 is 2.78 bits per heavy atom. The van der Waals surface area contributed by atoms with Crippen LogP contribution in [0.25, 0.3) is 10.8 Å². The molecule has 3 rings (SSSR count). The Labute approximate surface area is 153 Å². The van der Waals surface area contributed by atoms with Crippen LogP contribution in [0, 0.1) is 10.1 Å². The van der Waals surface area contributed by atoms with Crippen molar-refractivity contribution >= 4 is 17.0 Å². The number of alkyl halides is 2. The Hall–Kier alpha value is -3.28. The van der Waals surface area contributed by atoms with Crippen LogP contribution in [-0.4, -0.2) is 28.4 Å². The second-order valence-electron chi connectivity index (χ2n) is 5.08. The van der Waals surface area contributed by atoms with Gasteiger partial charge in [-0.2, -0.15) is 13.5 Å². The van der Waals surface area contributed by atoms with Crippen molar-refractivity contribution < 1.29 is 27.6 Å². The smallest absolute Gasteiger partial charge is 0.437 e. The highest BCUT2D eigenvalue weighted by atomic mass is 32.1. The van der Waals surface area contributed by atoms with Gasteiger partial charge >= 0.3 is 12.4 Å². The molecule has 0 amide bonds. The lowest BCUT2D eigenvalue weighted by atomic mass is 10.1. The third-order valence-electron chi connectivity index (χ3n) is 3.44. The number of nitro groups is 1. The molecule has 0 fully saturated rings. The number of nitro benzene ring substituents is 1. The van der Waals surface area contributed by atoms with Gasteiger partial charge in [0.05, 0.1) is 35.1 Å². The predicted octanol–water partition coefficient (Wildman–Crippen LogP) is 3.13. The molecule has 0 unspecified atom stereocenters. The van der Waals surface area contributed by atoms with Crippen LogP contribution in [0.2, 0.25) is 0 Å². The summed E-state index contributed by atoms with van der Waals surface area (Å²) in [6.07, 6.45) is 0. The Kier molecular flexibility index (Phi) is 5.16. The van der Waals surface area contributed by atoms with Gasteiger partial charge in [0, 0.05) is 0 Å². The molecule has 2 aromatic heterocycles. The van der Waals surface area contributed by atoms with E-state index >= 15 is 0 Å². The average Bonchev–Trinajstić information content (AvgIpc) is 3.25. The third kappa shape index (κ3) is 3.95. The summed E-state index contributed by atoms with van der Waals surface area (Å²) in [6.45, 7) is -3.51. The molecular formula is C15H11F2N3O6S. The van der Waals surface area contributed by atoms with Gasteiger partial charge in [0.1, 0.15) is 0 Å². The summed E-state index contributed by atoms with van der Waals surface area (Å²) in [5, 5.41) is 17.1. The Morgan fingerprint density at radius 1 is 1.41 bits per heavy atom. The molecule has 0 bridgehead atoms. The molecule has 3 aromatic rings. The van der Waals surface area contributed by atoms with Crippen LogP contribution in [0.5, 0.6) is 11.5 Å². The van der Waals surface area contributed by atoms with E-state index in [1.54, 1.807) is 17.5 Å². The number of methoxy groups -OCH3 is 1. The van der Waals surface area contributed by atoms with E-state index in [1.807, 2.05) is 0 Å². The van der Waals surface area contributed by atoms with Gasteiger partial charge in [-0.25, -0.2) is 4.79 Å². The number of hydrogen-bond donors (Lipinski definition) is 0. The molecule has 142 valence electrons. The molecule has 0 atom stereocenters. The summed E-state index contributed by atoms with van der Waals surface area (Å²) in [5.41, 5.74) is -0.523. The number of nitrogens with zero attached hydrogens (tertiary/aromatic N) is 3. The number of aromatic nitrogens is 2. The van der Waals surface area contributed by atoms with E-state index in [0.717, 1.165) is 16.8 Å². The Balaban J connectivity index is 2.01. The van der Waals surface area contributed by atoms with Gasteiger partial charge in [-0.1, -0.05) is 6.07 Å². The van der Waals surface area contributed by atoms with Crippen molar-refractivity contribution in [3.05, 3.63) is 55.9 Å². The molecule has 0 aliphatic rings. The van der Waals surface area contributed by atoms with Gasteiger partial charge in [-0.15, -0.1) is 16.4 Å². The van der Waals surface area contributed by atoms with E-state index in [-0.39, 0.29) is 23.7 Å². The summed E-state index contributed by atoms with van der Waals surface area (Å²) in [4.78, 5) is 23.2. The molecular weight excluding hydrogens is 388 g/mol. The normalized spacial score (nSPS) is 11.0. The van der Waals surface area contributed by atoms with Crippen molar-refractivity contribution in [3.63, 3.8) is 0 Å². The van der Waals surface area contributed by atoms with E-state index < -0.39 is 28.7 Å². The minimum atomic E-state index is -3.18. The topological polar surface area (TPSA) is 110 Å². The van der Waals surface area contributed by atoms with E-state index in [4.69, 9.17) is 9.15 Å². The maximum absolute atomic E-state index is 12.5. The number of benzene rings is 1. The Bertz CT molecular complexity index is 1020. The van der Waals surface area contributed by atoms with Gasteiger partial charge in [0.2, 0.25) is 0 Å². The number of hydrogen-bond acceptors (Lipinski definition) is 8. The van der Waals surface area contributed by atoms with Crippen molar-refractivity contribution in [2.75, 3.05) is 7.11 Å². The minimum Gasteiger partial charge on any atom is -0.493 e. The first-order chi connectivity index (χ1) is 12.9. The van der Waals surface area contributed by atoms with Crippen molar-refractivity contribution in [3.8, 4) is 22.3 Å². The van der Waals surface area contributed by atoms with Crippen LogP contribution in [0.15, 0.2) is 38.9 Å². The molecule has 0 aliphatic heterocycles. The summed E-state index contributed by atoms with van der Waals surface area (Å²) in [6, 6.07) is 5.39. The van der Waals surface area contributed by atoms with E-state index in [1.165, 1.54) is 18.4 Å². The molecule has 0 saturated carbocycles. The van der Waals surface area contributed by atoms with Crippen LogP contribution < -0.4 is 15.2 Å². The van der Waals surface area contributed by atoms with Gasteiger partial charge in [0.15, 0.2) is 11.5 Å². The number of rotatable bonds is 7. The molecule has 0 aliphatic carbocycles. The third-order valence-corrected chi connectivity index (χ3v) is 4.29. The zero-order valence-electron chi connectivity index (χ0n) is 13.6. The molecule has 27 heavy (non-hydrogen) atoms. The maximum atomic E-state index is 12.5. The van der Waals surface area contributed by atoms with Gasteiger partial charge < -0.3 is 13.9 Å². The molecule has 0 N–H and O–H groups in total. The lowest BCUT2D eigenvalue weighted by Crippen LogP contribution is -2.17. The van der Waals surface area contributed by atoms with E-state index in [2.05, 4.69) is 9.84 Å². The quantitative estimate of drug-likeness (QED) is 0.443. The highest BCUT2D eigenvalue weighted by molar-refractivity contribution is 7.13. The SMILES string of the molecule is COc1cc(Cn2nc(-c3cccs3)oc2=O)c([N+](=O)[O-])cc1OC(F)F. The first kappa shape index (κ1) is 18.5. The Morgan fingerprint density at radius 2 is 2.19 bits per heavy atom. The van der Waals surface area contributed by atoms with Gasteiger partial charge in [-0.05, 0) is 17.5 Å². The molecule has 0 radical (unpaired) electrons. The fraction of sp³-hybridized carbons (Fsp3) is 0.200. The van der Waals surface area contributed by atoms with Crippen molar-refractivity contribution in [1.29, 1.82) is 0 Å². The lowest BCUT2D eigenvalue weighted by Gasteiger charge is -2.11. The fourth-order valence-corrected chi connectivity index (χ4v) is 2.95. The highest BCUT2D eigenvalue weighted by Gasteiger charge is 2.23. The number of thiophene rings is 1. The zero-order chi connectivity index (χ0) is 19.6. The van der Waals surface area contributed by atoms with Gasteiger partial charge in [-0.3, -0.25) is 10.1 Å². The minimum absolute atomic E-state index is 0.00611. The first-order valence-corrected chi connectivity index (χ1v) is 8.19. The standard InChI is InChI=1S/C15H11F2N3O6S/c1-24-10-5-8(9(20(22)23)6-11(10)25-14(16)17)7-19-15(21)26-13(18-19)12-3-2-4-27-12/h2-6,14H,7H2,1H3. The second kappa shape index (κ2) is 7.53. The van der Waals surface area contributed by atoms with E-state index in [0.29, 0.717) is 4.88 Å². The second-order valence-corrected chi connectivity index (χ2v) is 6.02. The molecule has 0 saturated heterocycles. The van der Waals surface area contributed by atoms with Crippen LogP contribution in [0.4, 0.5) is 14.5 Å². The van der Waals surface area contributed by atoms with Crippen molar-refractivity contribution in [2.24, 2.45) is 0 Å². The average molecular weight is 399 g/mol. The summed E-state index contributed by atoms with van der Waals surface area (Å²) >= 11 is 1.30. The summed E-state index contributed by atoms with van der Waals surface area (Å²) in [5.74, 6) is -1.39. The van der Waals surface area contributed by atoms with Crippen LogP contribution in [-0.2, 0) is 6.54 Å². The monoisotopic (exact) mass is 399 g/mol. The van der Waals surface area contributed by atoms with Crippen LogP contribution >= 0.6 is 11.3 Å². The van der Waals surface area contributed by atoms with E-state index in [9.17, 15) is 23.7 Å². The summed E-state index contributed by atoms with van der Waals surface area (Å²) in [7, 11) is 1.19. The molecule has 12 heteroatoms. The lowest BCUT2D eigenvalue weighted by molar-refractivity contribution is -0.385. The molecule has 0 spiro atoms. The predicted molar refractivity (Wildman–Crippen MR) is 89.5 cm³/mol. The fourth-order valence-electron chi connectivity index (χ4n) is 2.30. The van der Waals surface area contributed by atoms with Crippen molar-refractivity contribution in [1.82, 2.24) is 9.78 Å². The zero-order valence-corrected chi connectivity index (χ0v) is 14.4. The first-order valence-electron chi connectivity index (χ1n) is 7.31. The summed E-state index contributed by atoms with van der Waals surface area (Å²) < 4.78 is 40.1.